The second kappa shape index (κ2) is 6.70. The molecule has 1 nitrogen and oxygen atoms in total. The molecule has 3 atom stereocenters. The zero-order valence-electron chi connectivity index (χ0n) is 10.9. The van der Waals surface area contributed by atoms with Gasteiger partial charge < -0.3 is 4.74 Å². The van der Waals surface area contributed by atoms with Crippen molar-refractivity contribution in [3.05, 3.63) is 35.9 Å². The van der Waals surface area contributed by atoms with E-state index in [1.54, 1.807) is 0 Å². The highest BCUT2D eigenvalue weighted by Crippen LogP contribution is 2.23. The normalized spacial score (nSPS) is 16.8. The van der Waals surface area contributed by atoms with Gasteiger partial charge in [0.05, 0.1) is 6.10 Å². The van der Waals surface area contributed by atoms with Gasteiger partial charge >= 0.3 is 0 Å². The number of rotatable bonds is 6. The van der Waals surface area contributed by atoms with Crippen LogP contribution in [0.3, 0.4) is 0 Å². The van der Waals surface area contributed by atoms with Crippen LogP contribution in [-0.4, -0.2) is 13.2 Å². The summed E-state index contributed by atoms with van der Waals surface area (Å²) in [4.78, 5) is 0. The highest BCUT2D eigenvalue weighted by atomic mass is 16.5. The fourth-order valence-corrected chi connectivity index (χ4v) is 2.07. The van der Waals surface area contributed by atoms with Crippen LogP contribution in [0.25, 0.3) is 0 Å². The van der Waals surface area contributed by atoms with Gasteiger partial charge in [0, 0.05) is 7.11 Å². The Kier molecular flexibility index (Phi) is 5.54. The maximum absolute atomic E-state index is 5.64. The Morgan fingerprint density at radius 3 is 2.25 bits per heavy atom. The number of ether oxygens (including phenoxy) is 1. The maximum Gasteiger partial charge on any atom is 0.0639 e. The van der Waals surface area contributed by atoms with E-state index in [0.29, 0.717) is 17.9 Å². The van der Waals surface area contributed by atoms with Crippen molar-refractivity contribution < 1.29 is 4.74 Å². The minimum absolute atomic E-state index is 0.331. The van der Waals surface area contributed by atoms with E-state index in [4.69, 9.17) is 4.74 Å². The lowest BCUT2D eigenvalue weighted by Gasteiger charge is -2.27. The molecule has 0 bridgehead atoms. The summed E-state index contributed by atoms with van der Waals surface area (Å²) >= 11 is 0. The summed E-state index contributed by atoms with van der Waals surface area (Å²) in [5.74, 6) is 1.32. The summed E-state index contributed by atoms with van der Waals surface area (Å²) in [6.45, 7) is 6.85. The molecule has 16 heavy (non-hydrogen) atoms. The van der Waals surface area contributed by atoms with Crippen molar-refractivity contribution in [3.8, 4) is 0 Å². The van der Waals surface area contributed by atoms with Gasteiger partial charge in [0.15, 0.2) is 0 Å². The molecule has 0 aliphatic rings. The van der Waals surface area contributed by atoms with E-state index in [-0.39, 0.29) is 0 Å². The molecular formula is C15H24O. The Labute approximate surface area is 99.8 Å². The Bertz CT molecular complexity index is 281. The van der Waals surface area contributed by atoms with E-state index in [1.165, 1.54) is 12.0 Å². The van der Waals surface area contributed by atoms with Gasteiger partial charge in [-0.1, -0.05) is 57.5 Å². The predicted molar refractivity (Wildman–Crippen MR) is 69.6 cm³/mol. The van der Waals surface area contributed by atoms with Crippen LogP contribution in [0.4, 0.5) is 0 Å². The second-order valence-corrected chi connectivity index (χ2v) is 4.71. The third kappa shape index (κ3) is 3.64. The van der Waals surface area contributed by atoms with Gasteiger partial charge in [-0.05, 0) is 23.8 Å². The summed E-state index contributed by atoms with van der Waals surface area (Å²) < 4.78 is 5.64. The summed E-state index contributed by atoms with van der Waals surface area (Å²) in [6.07, 6.45) is 2.57. The Morgan fingerprint density at radius 2 is 1.75 bits per heavy atom. The molecule has 0 radical (unpaired) electrons. The van der Waals surface area contributed by atoms with E-state index >= 15 is 0 Å². The van der Waals surface area contributed by atoms with Crippen molar-refractivity contribution in [2.75, 3.05) is 7.11 Å². The van der Waals surface area contributed by atoms with Gasteiger partial charge in [0.1, 0.15) is 0 Å². The molecule has 0 aliphatic heterocycles. The molecular weight excluding hydrogens is 196 g/mol. The monoisotopic (exact) mass is 220 g/mol. The zero-order valence-corrected chi connectivity index (χ0v) is 10.9. The largest absolute Gasteiger partial charge is 0.381 e. The van der Waals surface area contributed by atoms with Crippen LogP contribution < -0.4 is 0 Å². The van der Waals surface area contributed by atoms with Gasteiger partial charge in [-0.15, -0.1) is 0 Å². The molecule has 1 rings (SSSR count). The van der Waals surface area contributed by atoms with E-state index in [0.717, 1.165) is 6.42 Å². The van der Waals surface area contributed by atoms with E-state index in [2.05, 4.69) is 51.1 Å². The van der Waals surface area contributed by atoms with Crippen LogP contribution in [0.2, 0.25) is 0 Å². The first-order valence-corrected chi connectivity index (χ1v) is 6.25. The van der Waals surface area contributed by atoms with Gasteiger partial charge in [0.25, 0.3) is 0 Å². The third-order valence-electron chi connectivity index (χ3n) is 3.71. The van der Waals surface area contributed by atoms with Crippen LogP contribution in [0, 0.1) is 11.8 Å². The molecule has 0 saturated heterocycles. The number of hydrogen-bond acceptors (Lipinski definition) is 1. The summed E-state index contributed by atoms with van der Waals surface area (Å²) in [5, 5.41) is 0. The lowest BCUT2D eigenvalue weighted by atomic mass is 9.86. The fraction of sp³-hybridized carbons (Fsp3) is 0.600. The van der Waals surface area contributed by atoms with Crippen LogP contribution in [-0.2, 0) is 11.2 Å². The first-order chi connectivity index (χ1) is 7.69. The predicted octanol–water partition coefficient (Wildman–Crippen LogP) is 3.93. The summed E-state index contributed by atoms with van der Waals surface area (Å²) in [7, 11) is 1.83. The smallest absolute Gasteiger partial charge is 0.0639 e. The van der Waals surface area contributed by atoms with Crippen LogP contribution in [0.15, 0.2) is 30.3 Å². The van der Waals surface area contributed by atoms with Crippen molar-refractivity contribution in [3.63, 3.8) is 0 Å². The van der Waals surface area contributed by atoms with Crippen molar-refractivity contribution in [1.29, 1.82) is 0 Å². The van der Waals surface area contributed by atoms with Crippen molar-refractivity contribution >= 4 is 0 Å². The molecule has 90 valence electrons. The lowest BCUT2D eigenvalue weighted by molar-refractivity contribution is 0.0375. The standard InChI is InChI=1S/C15H24O/c1-5-12(2)13(3)15(16-4)11-14-9-7-6-8-10-14/h6-10,12-13,15H,5,11H2,1-4H3/t12?,13-,15-/m0/s1. The summed E-state index contributed by atoms with van der Waals surface area (Å²) in [5.41, 5.74) is 1.37. The van der Waals surface area contributed by atoms with Gasteiger partial charge in [0.2, 0.25) is 0 Å². The molecule has 1 unspecified atom stereocenters. The first-order valence-electron chi connectivity index (χ1n) is 6.25. The van der Waals surface area contributed by atoms with Crippen LogP contribution in [0.5, 0.6) is 0 Å². The molecule has 0 aromatic heterocycles. The molecule has 1 heteroatoms. The highest BCUT2D eigenvalue weighted by Gasteiger charge is 2.21. The number of methoxy groups -OCH3 is 1. The molecule has 0 heterocycles. The minimum Gasteiger partial charge on any atom is -0.381 e. The Morgan fingerprint density at radius 1 is 1.12 bits per heavy atom. The average Bonchev–Trinajstić information content (AvgIpc) is 2.35. The number of hydrogen-bond donors (Lipinski definition) is 0. The van der Waals surface area contributed by atoms with Gasteiger partial charge in [-0.25, -0.2) is 0 Å². The zero-order chi connectivity index (χ0) is 12.0. The Balaban J connectivity index is 2.62. The lowest BCUT2D eigenvalue weighted by Crippen LogP contribution is -2.27. The average molecular weight is 220 g/mol. The molecule has 1 aromatic rings. The van der Waals surface area contributed by atoms with Crippen molar-refractivity contribution in [2.24, 2.45) is 11.8 Å². The molecule has 0 spiro atoms. The second-order valence-electron chi connectivity index (χ2n) is 4.71. The maximum atomic E-state index is 5.64. The highest BCUT2D eigenvalue weighted by molar-refractivity contribution is 5.15. The number of benzene rings is 1. The van der Waals surface area contributed by atoms with Crippen LogP contribution in [0.1, 0.15) is 32.8 Å². The SMILES string of the molecule is CCC(C)[C@H](C)[C@H](Cc1ccccc1)OC. The molecule has 0 amide bonds. The van der Waals surface area contributed by atoms with Crippen LogP contribution >= 0.6 is 0 Å². The topological polar surface area (TPSA) is 9.23 Å². The van der Waals surface area contributed by atoms with E-state index in [9.17, 15) is 0 Å². The molecule has 0 saturated carbocycles. The molecule has 0 fully saturated rings. The Hall–Kier alpha value is -0.820. The third-order valence-corrected chi connectivity index (χ3v) is 3.71. The molecule has 0 aliphatic carbocycles. The van der Waals surface area contributed by atoms with Gasteiger partial charge in [-0.2, -0.15) is 0 Å². The summed E-state index contributed by atoms with van der Waals surface area (Å²) in [6, 6.07) is 10.6. The minimum atomic E-state index is 0.331. The van der Waals surface area contributed by atoms with E-state index < -0.39 is 0 Å². The van der Waals surface area contributed by atoms with Crippen molar-refractivity contribution in [2.45, 2.75) is 39.7 Å². The molecule has 1 aromatic carbocycles. The first kappa shape index (κ1) is 13.2. The fourth-order valence-electron chi connectivity index (χ4n) is 2.07. The quantitative estimate of drug-likeness (QED) is 0.706. The van der Waals surface area contributed by atoms with E-state index in [1.807, 2.05) is 7.11 Å². The van der Waals surface area contributed by atoms with Gasteiger partial charge in [-0.3, -0.25) is 0 Å². The molecule has 0 N–H and O–H groups in total. The van der Waals surface area contributed by atoms with Crippen molar-refractivity contribution in [1.82, 2.24) is 0 Å².